The number of aromatic nitrogens is 3. The Kier molecular flexibility index (Phi) is 4.34. The Bertz CT molecular complexity index is 605. The highest BCUT2D eigenvalue weighted by molar-refractivity contribution is 5.91. The topological polar surface area (TPSA) is 71.8 Å². The van der Waals surface area contributed by atoms with Gasteiger partial charge >= 0.3 is 0 Å². The van der Waals surface area contributed by atoms with E-state index in [1.54, 1.807) is 4.68 Å². The lowest BCUT2D eigenvalue weighted by atomic mass is 10.1. The molecule has 0 unspecified atom stereocenters. The molecule has 6 heteroatoms. The van der Waals surface area contributed by atoms with E-state index in [1.807, 2.05) is 45.3 Å². The molecule has 1 aromatic heterocycles. The minimum absolute atomic E-state index is 0.00808. The van der Waals surface area contributed by atoms with Gasteiger partial charge in [0.2, 0.25) is 5.91 Å². The first kappa shape index (κ1) is 14.0. The van der Waals surface area contributed by atoms with Crippen LogP contribution in [-0.2, 0) is 18.4 Å². The lowest BCUT2D eigenvalue weighted by Crippen LogP contribution is -2.10. The van der Waals surface area contributed by atoms with Gasteiger partial charge < -0.3 is 10.6 Å². The number of carbonyl (C=O) groups excluding carboxylic acids is 1. The van der Waals surface area contributed by atoms with Crippen molar-refractivity contribution in [3.63, 3.8) is 0 Å². The number of nitrogens with one attached hydrogen (secondary N) is 2. The van der Waals surface area contributed by atoms with Crippen LogP contribution in [0.5, 0.6) is 0 Å². The number of carbonyl (C=O) groups is 1. The van der Waals surface area contributed by atoms with E-state index < -0.39 is 0 Å². The van der Waals surface area contributed by atoms with Gasteiger partial charge in [-0.2, -0.15) is 0 Å². The minimum atomic E-state index is 0.00808. The van der Waals surface area contributed by atoms with Crippen molar-refractivity contribution in [1.29, 1.82) is 0 Å². The van der Waals surface area contributed by atoms with Gasteiger partial charge in [-0.1, -0.05) is 18.2 Å². The van der Waals surface area contributed by atoms with Crippen LogP contribution in [0.15, 0.2) is 24.4 Å². The Morgan fingerprint density at radius 1 is 1.40 bits per heavy atom. The third-order valence-corrected chi connectivity index (χ3v) is 2.95. The average molecular weight is 273 g/mol. The second kappa shape index (κ2) is 6.18. The predicted molar refractivity (Wildman–Crippen MR) is 78.4 cm³/mol. The van der Waals surface area contributed by atoms with Crippen LogP contribution in [-0.4, -0.2) is 20.9 Å². The molecular weight excluding hydrogens is 254 g/mol. The number of benzene rings is 1. The fourth-order valence-electron chi connectivity index (χ4n) is 1.80. The van der Waals surface area contributed by atoms with Gasteiger partial charge in [0.05, 0.1) is 6.54 Å². The Morgan fingerprint density at radius 2 is 2.20 bits per heavy atom. The maximum absolute atomic E-state index is 11.4. The molecule has 0 saturated carbocycles. The molecule has 0 aliphatic heterocycles. The van der Waals surface area contributed by atoms with Crippen LogP contribution in [0.2, 0.25) is 0 Å². The highest BCUT2D eigenvalue weighted by Gasteiger charge is 2.04. The average Bonchev–Trinajstić information content (AvgIpc) is 2.85. The van der Waals surface area contributed by atoms with Crippen LogP contribution >= 0.6 is 0 Å². The third-order valence-electron chi connectivity index (χ3n) is 2.95. The molecule has 0 fully saturated rings. The van der Waals surface area contributed by atoms with Crippen LogP contribution in [0, 0.1) is 6.92 Å². The molecule has 106 valence electrons. The standard InChI is InChI=1S/C14H19N5O/c1-4-14(20)16-11-6-5-10(2)13(7-11)15-8-12-9-19(3)18-17-12/h5-7,9,15H,4,8H2,1-3H3,(H,16,20). The summed E-state index contributed by atoms with van der Waals surface area (Å²) in [7, 11) is 1.84. The third kappa shape index (κ3) is 3.57. The van der Waals surface area contributed by atoms with Gasteiger partial charge in [0.15, 0.2) is 0 Å². The van der Waals surface area contributed by atoms with Crippen LogP contribution in [0.4, 0.5) is 11.4 Å². The van der Waals surface area contributed by atoms with Crippen molar-refractivity contribution in [1.82, 2.24) is 15.0 Å². The quantitative estimate of drug-likeness (QED) is 0.875. The highest BCUT2D eigenvalue weighted by atomic mass is 16.1. The van der Waals surface area contributed by atoms with E-state index in [0.29, 0.717) is 13.0 Å². The van der Waals surface area contributed by atoms with E-state index in [2.05, 4.69) is 20.9 Å². The molecule has 20 heavy (non-hydrogen) atoms. The lowest BCUT2D eigenvalue weighted by molar-refractivity contribution is -0.115. The summed E-state index contributed by atoms with van der Waals surface area (Å²) in [5, 5.41) is 14.1. The molecule has 0 aliphatic rings. The lowest BCUT2D eigenvalue weighted by Gasteiger charge is -2.11. The zero-order valence-corrected chi connectivity index (χ0v) is 12.0. The molecule has 0 aliphatic carbocycles. The van der Waals surface area contributed by atoms with E-state index in [0.717, 1.165) is 22.6 Å². The monoisotopic (exact) mass is 273 g/mol. The smallest absolute Gasteiger partial charge is 0.224 e. The first-order valence-corrected chi connectivity index (χ1v) is 6.58. The fourth-order valence-corrected chi connectivity index (χ4v) is 1.80. The van der Waals surface area contributed by atoms with Crippen LogP contribution in [0.1, 0.15) is 24.6 Å². The maximum atomic E-state index is 11.4. The molecule has 1 amide bonds. The Morgan fingerprint density at radius 3 is 2.85 bits per heavy atom. The zero-order chi connectivity index (χ0) is 14.5. The number of anilines is 2. The maximum Gasteiger partial charge on any atom is 0.224 e. The van der Waals surface area contributed by atoms with Gasteiger partial charge in [0.1, 0.15) is 5.69 Å². The minimum Gasteiger partial charge on any atom is -0.379 e. The molecule has 0 bridgehead atoms. The van der Waals surface area contributed by atoms with Crippen molar-refractivity contribution in [3.05, 3.63) is 35.7 Å². The van der Waals surface area contributed by atoms with E-state index >= 15 is 0 Å². The Hall–Kier alpha value is -2.37. The fraction of sp³-hybridized carbons (Fsp3) is 0.357. The SMILES string of the molecule is CCC(=O)Nc1ccc(C)c(NCc2cn(C)nn2)c1. The van der Waals surface area contributed by atoms with E-state index in [1.165, 1.54) is 0 Å². The van der Waals surface area contributed by atoms with Crippen LogP contribution in [0.3, 0.4) is 0 Å². The number of hydrogen-bond acceptors (Lipinski definition) is 4. The first-order valence-electron chi connectivity index (χ1n) is 6.58. The van der Waals surface area contributed by atoms with Gasteiger partial charge in [-0.25, -0.2) is 0 Å². The van der Waals surface area contributed by atoms with Crippen molar-refractivity contribution in [3.8, 4) is 0 Å². The molecule has 0 saturated heterocycles. The molecule has 0 atom stereocenters. The van der Waals surface area contributed by atoms with Gasteiger partial charge in [0.25, 0.3) is 0 Å². The summed E-state index contributed by atoms with van der Waals surface area (Å²) in [6, 6.07) is 5.81. The Balaban J connectivity index is 2.06. The molecule has 2 aromatic rings. The Labute approximate surface area is 118 Å². The molecule has 0 spiro atoms. The summed E-state index contributed by atoms with van der Waals surface area (Å²) in [6.45, 7) is 4.45. The number of amides is 1. The van der Waals surface area contributed by atoms with E-state index in [9.17, 15) is 4.79 Å². The normalized spacial score (nSPS) is 10.3. The summed E-state index contributed by atoms with van der Waals surface area (Å²) in [5.41, 5.74) is 3.76. The summed E-state index contributed by atoms with van der Waals surface area (Å²) < 4.78 is 1.67. The number of aryl methyl sites for hydroxylation is 2. The van der Waals surface area contributed by atoms with Gasteiger partial charge in [0, 0.05) is 31.0 Å². The summed E-state index contributed by atoms with van der Waals surface area (Å²) in [5.74, 6) is 0.00808. The van der Waals surface area contributed by atoms with E-state index in [-0.39, 0.29) is 5.91 Å². The largest absolute Gasteiger partial charge is 0.379 e. The number of hydrogen-bond donors (Lipinski definition) is 2. The molecule has 2 N–H and O–H groups in total. The second-order valence-electron chi connectivity index (χ2n) is 4.67. The molecule has 6 nitrogen and oxygen atoms in total. The van der Waals surface area contributed by atoms with Gasteiger partial charge in [-0.3, -0.25) is 9.48 Å². The summed E-state index contributed by atoms with van der Waals surface area (Å²) >= 11 is 0. The van der Waals surface area contributed by atoms with E-state index in [4.69, 9.17) is 0 Å². The van der Waals surface area contributed by atoms with Crippen molar-refractivity contribution in [2.24, 2.45) is 7.05 Å². The second-order valence-corrected chi connectivity index (χ2v) is 4.67. The number of rotatable bonds is 5. The highest BCUT2D eigenvalue weighted by Crippen LogP contribution is 2.21. The van der Waals surface area contributed by atoms with Crippen LogP contribution in [0.25, 0.3) is 0 Å². The van der Waals surface area contributed by atoms with Crippen LogP contribution < -0.4 is 10.6 Å². The van der Waals surface area contributed by atoms with Crippen molar-refractivity contribution >= 4 is 17.3 Å². The summed E-state index contributed by atoms with van der Waals surface area (Å²) in [6.07, 6.45) is 2.33. The molecule has 0 radical (unpaired) electrons. The van der Waals surface area contributed by atoms with Crippen molar-refractivity contribution < 1.29 is 4.79 Å². The summed E-state index contributed by atoms with van der Waals surface area (Å²) in [4.78, 5) is 11.4. The molecular formula is C14H19N5O. The molecule has 1 aromatic carbocycles. The zero-order valence-electron chi connectivity index (χ0n) is 12.0. The predicted octanol–water partition coefficient (Wildman–Crippen LogP) is 2.08. The van der Waals surface area contributed by atoms with Gasteiger partial charge in [-0.05, 0) is 24.6 Å². The van der Waals surface area contributed by atoms with Gasteiger partial charge in [-0.15, -0.1) is 5.10 Å². The first-order chi connectivity index (χ1) is 9.58. The molecule has 1 heterocycles. The number of nitrogens with zero attached hydrogens (tertiary/aromatic N) is 3. The van der Waals surface area contributed by atoms with Crippen molar-refractivity contribution in [2.75, 3.05) is 10.6 Å². The van der Waals surface area contributed by atoms with Crippen molar-refractivity contribution in [2.45, 2.75) is 26.8 Å². The molecule has 2 rings (SSSR count).